The summed E-state index contributed by atoms with van der Waals surface area (Å²) in [6, 6.07) is 3.82. The number of hydrogen-bond acceptors (Lipinski definition) is 6. The largest absolute Gasteiger partial charge is 0.361 e. The Bertz CT molecular complexity index is 1010. The van der Waals surface area contributed by atoms with Crippen LogP contribution in [0, 0.1) is 13.8 Å². The summed E-state index contributed by atoms with van der Waals surface area (Å²) in [5, 5.41) is 3.98. The minimum atomic E-state index is -0.110. The number of likely N-dealkylation sites (tertiary alicyclic amines) is 1. The average molecular weight is 406 g/mol. The molecule has 1 amide bonds. The lowest BCUT2D eigenvalue weighted by molar-refractivity contribution is 0.0604. The molecule has 0 saturated carbocycles. The highest BCUT2D eigenvalue weighted by Crippen LogP contribution is 2.37. The van der Waals surface area contributed by atoms with E-state index in [1.54, 1.807) is 19.3 Å². The Morgan fingerprint density at radius 2 is 2.03 bits per heavy atom. The van der Waals surface area contributed by atoms with Crippen molar-refractivity contribution in [1.29, 1.82) is 0 Å². The van der Waals surface area contributed by atoms with E-state index in [0.29, 0.717) is 23.6 Å². The van der Waals surface area contributed by atoms with Crippen LogP contribution >= 0.6 is 0 Å². The average Bonchev–Trinajstić information content (AvgIpc) is 3.12. The lowest BCUT2D eigenvalue weighted by atomic mass is 9.93. The summed E-state index contributed by atoms with van der Waals surface area (Å²) in [6.45, 7) is 6.41. The second-order valence-electron chi connectivity index (χ2n) is 7.78. The van der Waals surface area contributed by atoms with Gasteiger partial charge in [0.1, 0.15) is 17.1 Å². The van der Waals surface area contributed by atoms with Crippen LogP contribution in [0.4, 0.5) is 0 Å². The number of carbonyl (C=O) groups excluding carboxylic acids is 1. The summed E-state index contributed by atoms with van der Waals surface area (Å²) in [6.07, 6.45) is 10.1. The van der Waals surface area contributed by atoms with Crippen molar-refractivity contribution in [3.63, 3.8) is 0 Å². The van der Waals surface area contributed by atoms with Crippen LogP contribution in [0.3, 0.4) is 0 Å². The minimum Gasteiger partial charge on any atom is -0.361 e. The lowest BCUT2D eigenvalue weighted by Gasteiger charge is -2.36. The van der Waals surface area contributed by atoms with Crippen molar-refractivity contribution in [2.45, 2.75) is 58.9 Å². The second-order valence-corrected chi connectivity index (χ2v) is 7.78. The Labute approximate surface area is 176 Å². The molecule has 3 aromatic heterocycles. The fourth-order valence-electron chi connectivity index (χ4n) is 4.18. The molecule has 30 heavy (non-hydrogen) atoms. The molecule has 7 heteroatoms. The van der Waals surface area contributed by atoms with Gasteiger partial charge in [-0.3, -0.25) is 9.78 Å². The highest BCUT2D eigenvalue weighted by Gasteiger charge is 2.34. The first kappa shape index (κ1) is 20.2. The van der Waals surface area contributed by atoms with Crippen LogP contribution in [0.2, 0.25) is 0 Å². The molecule has 4 rings (SSSR count). The number of amides is 1. The van der Waals surface area contributed by atoms with Crippen molar-refractivity contribution in [3.8, 4) is 11.1 Å². The van der Waals surface area contributed by atoms with Crippen molar-refractivity contribution < 1.29 is 9.32 Å². The van der Waals surface area contributed by atoms with Gasteiger partial charge in [0, 0.05) is 37.1 Å². The van der Waals surface area contributed by atoms with Gasteiger partial charge < -0.3 is 9.42 Å². The van der Waals surface area contributed by atoms with Gasteiger partial charge >= 0.3 is 0 Å². The first-order valence-corrected chi connectivity index (χ1v) is 10.6. The van der Waals surface area contributed by atoms with E-state index >= 15 is 0 Å². The summed E-state index contributed by atoms with van der Waals surface area (Å²) in [5.41, 5.74) is 4.08. The predicted molar refractivity (Wildman–Crippen MR) is 113 cm³/mol. The monoisotopic (exact) mass is 405 g/mol. The third-order valence-corrected chi connectivity index (χ3v) is 5.66. The van der Waals surface area contributed by atoms with Gasteiger partial charge in [0.05, 0.1) is 17.4 Å². The van der Waals surface area contributed by atoms with E-state index in [4.69, 9.17) is 9.51 Å². The van der Waals surface area contributed by atoms with Crippen LogP contribution in [-0.2, 0) is 6.42 Å². The topological polar surface area (TPSA) is 85.0 Å². The smallest absolute Gasteiger partial charge is 0.259 e. The fourth-order valence-corrected chi connectivity index (χ4v) is 4.18. The standard InChI is InChI=1S/C23H27N5O2/c1-4-7-20-25-14-18(17-9-11-24-12-10-17)22(26-20)19-8-5-6-13-28(19)23(29)21-15(2)27-30-16(21)3/h9-12,14,19H,4-8,13H2,1-3H3/t19-/m1/s1. The van der Waals surface area contributed by atoms with E-state index in [1.807, 2.05) is 30.2 Å². The van der Waals surface area contributed by atoms with Crippen molar-refractivity contribution >= 4 is 5.91 Å². The molecular formula is C23H27N5O2. The number of carbonyl (C=O) groups is 1. The zero-order valence-corrected chi connectivity index (χ0v) is 17.8. The maximum Gasteiger partial charge on any atom is 0.259 e. The molecule has 0 aromatic carbocycles. The van der Waals surface area contributed by atoms with Gasteiger partial charge in [-0.05, 0) is 57.2 Å². The van der Waals surface area contributed by atoms with Crippen LogP contribution in [0.15, 0.2) is 35.2 Å². The van der Waals surface area contributed by atoms with E-state index in [0.717, 1.165) is 54.7 Å². The third kappa shape index (κ3) is 3.84. The molecular weight excluding hydrogens is 378 g/mol. The predicted octanol–water partition coefficient (Wildman–Crippen LogP) is 4.46. The molecule has 1 atom stereocenters. The number of aryl methyl sites for hydroxylation is 3. The Morgan fingerprint density at radius 3 is 2.73 bits per heavy atom. The summed E-state index contributed by atoms with van der Waals surface area (Å²) >= 11 is 0. The normalized spacial score (nSPS) is 16.6. The van der Waals surface area contributed by atoms with Gasteiger partial charge in [0.2, 0.25) is 0 Å². The molecule has 3 aromatic rings. The zero-order chi connectivity index (χ0) is 21.1. The summed E-state index contributed by atoms with van der Waals surface area (Å²) in [4.78, 5) is 29.1. The molecule has 1 saturated heterocycles. The van der Waals surface area contributed by atoms with E-state index in [1.165, 1.54) is 0 Å². The van der Waals surface area contributed by atoms with Crippen molar-refractivity contribution in [2.75, 3.05) is 6.54 Å². The van der Waals surface area contributed by atoms with Crippen molar-refractivity contribution in [1.82, 2.24) is 25.0 Å². The highest BCUT2D eigenvalue weighted by molar-refractivity contribution is 5.96. The van der Waals surface area contributed by atoms with Crippen LogP contribution in [0.25, 0.3) is 11.1 Å². The van der Waals surface area contributed by atoms with Crippen LogP contribution in [0.1, 0.15) is 72.0 Å². The highest BCUT2D eigenvalue weighted by atomic mass is 16.5. The van der Waals surface area contributed by atoms with Crippen LogP contribution in [-0.4, -0.2) is 37.5 Å². The van der Waals surface area contributed by atoms with Gasteiger partial charge in [-0.15, -0.1) is 0 Å². The van der Waals surface area contributed by atoms with E-state index in [2.05, 4.69) is 22.0 Å². The molecule has 1 aliphatic rings. The summed E-state index contributed by atoms with van der Waals surface area (Å²) in [5.74, 6) is 1.35. The van der Waals surface area contributed by atoms with Gasteiger partial charge in [-0.2, -0.15) is 0 Å². The van der Waals surface area contributed by atoms with Gasteiger partial charge in [-0.25, -0.2) is 9.97 Å². The maximum absolute atomic E-state index is 13.5. The molecule has 0 radical (unpaired) electrons. The molecule has 1 aliphatic heterocycles. The van der Waals surface area contributed by atoms with Gasteiger partial charge in [0.25, 0.3) is 5.91 Å². The van der Waals surface area contributed by atoms with Crippen molar-refractivity contribution in [2.24, 2.45) is 0 Å². The zero-order valence-electron chi connectivity index (χ0n) is 17.8. The van der Waals surface area contributed by atoms with E-state index in [9.17, 15) is 4.79 Å². The Kier molecular flexibility index (Phi) is 5.88. The number of nitrogens with zero attached hydrogens (tertiary/aromatic N) is 5. The van der Waals surface area contributed by atoms with Crippen LogP contribution in [0.5, 0.6) is 0 Å². The molecule has 156 valence electrons. The van der Waals surface area contributed by atoms with E-state index < -0.39 is 0 Å². The molecule has 4 heterocycles. The minimum absolute atomic E-state index is 0.0349. The molecule has 0 bridgehead atoms. The SMILES string of the molecule is CCCc1ncc(-c2ccncc2)c([C@H]2CCCCN2C(=O)c2c(C)noc2C)n1. The quantitative estimate of drug-likeness (QED) is 0.623. The number of piperidine rings is 1. The summed E-state index contributed by atoms with van der Waals surface area (Å²) in [7, 11) is 0. The van der Waals surface area contributed by atoms with Gasteiger partial charge in [0.15, 0.2) is 0 Å². The first-order chi connectivity index (χ1) is 14.6. The number of aromatic nitrogens is 4. The molecule has 0 N–H and O–H groups in total. The Balaban J connectivity index is 1.80. The number of pyridine rings is 1. The van der Waals surface area contributed by atoms with Gasteiger partial charge in [-0.1, -0.05) is 12.1 Å². The third-order valence-electron chi connectivity index (χ3n) is 5.66. The fraction of sp³-hybridized carbons (Fsp3) is 0.435. The number of rotatable bonds is 5. The molecule has 1 fully saturated rings. The molecule has 0 spiro atoms. The second kappa shape index (κ2) is 8.73. The molecule has 0 aliphatic carbocycles. The Hall–Kier alpha value is -3.09. The number of hydrogen-bond donors (Lipinski definition) is 0. The molecule has 7 nitrogen and oxygen atoms in total. The maximum atomic E-state index is 13.5. The first-order valence-electron chi connectivity index (χ1n) is 10.6. The Morgan fingerprint density at radius 1 is 1.23 bits per heavy atom. The summed E-state index contributed by atoms with van der Waals surface area (Å²) < 4.78 is 5.26. The lowest BCUT2D eigenvalue weighted by Crippen LogP contribution is -2.39. The molecule has 0 unspecified atom stereocenters. The van der Waals surface area contributed by atoms with Crippen molar-refractivity contribution in [3.05, 3.63) is 59.3 Å². The van der Waals surface area contributed by atoms with Crippen LogP contribution < -0.4 is 0 Å². The van der Waals surface area contributed by atoms with E-state index in [-0.39, 0.29) is 11.9 Å².